The molecule has 15 heavy (non-hydrogen) atoms. The van der Waals surface area contributed by atoms with Crippen molar-refractivity contribution in [3.63, 3.8) is 0 Å². The number of carbonyl (C=O) groups is 1. The Morgan fingerprint density at radius 1 is 1.27 bits per heavy atom. The Balaban J connectivity index is 2.37. The van der Waals surface area contributed by atoms with E-state index in [1.165, 1.54) is 6.92 Å². The van der Waals surface area contributed by atoms with E-state index in [4.69, 9.17) is 0 Å². The van der Waals surface area contributed by atoms with E-state index in [0.717, 1.165) is 5.56 Å². The fourth-order valence-electron chi connectivity index (χ4n) is 2.00. The Hall–Kier alpha value is -1.39. The molecule has 0 radical (unpaired) electrons. The molecule has 3 N–H and O–H groups in total. The second-order valence-electron chi connectivity index (χ2n) is 3.74. The van der Waals surface area contributed by atoms with Gasteiger partial charge < -0.3 is 15.5 Å². The molecule has 80 valence electrons. The summed E-state index contributed by atoms with van der Waals surface area (Å²) in [5.74, 6) is -0.219. The summed E-state index contributed by atoms with van der Waals surface area (Å²) >= 11 is 0. The molecule has 0 saturated carbocycles. The normalized spacial score (nSPS) is 28.6. The Morgan fingerprint density at radius 2 is 1.87 bits per heavy atom. The first-order valence-corrected chi connectivity index (χ1v) is 4.83. The highest BCUT2D eigenvalue weighted by Gasteiger charge is 2.38. The van der Waals surface area contributed by atoms with E-state index in [-0.39, 0.29) is 5.91 Å². The molecule has 2 rings (SSSR count). The van der Waals surface area contributed by atoms with Crippen LogP contribution >= 0.6 is 0 Å². The smallest absolute Gasteiger partial charge is 0.217 e. The van der Waals surface area contributed by atoms with E-state index in [1.807, 2.05) is 6.07 Å². The van der Waals surface area contributed by atoms with Gasteiger partial charge in [0.1, 0.15) is 12.2 Å². The fraction of sp³-hybridized carbons (Fsp3) is 0.364. The van der Waals surface area contributed by atoms with Gasteiger partial charge in [-0.2, -0.15) is 0 Å². The van der Waals surface area contributed by atoms with E-state index in [1.54, 1.807) is 18.2 Å². The summed E-state index contributed by atoms with van der Waals surface area (Å²) in [6, 6.07) is 6.66. The maximum atomic E-state index is 11.0. The van der Waals surface area contributed by atoms with Crippen LogP contribution in [0.2, 0.25) is 0 Å². The zero-order chi connectivity index (χ0) is 11.0. The van der Waals surface area contributed by atoms with Gasteiger partial charge in [0.2, 0.25) is 5.91 Å². The van der Waals surface area contributed by atoms with Gasteiger partial charge in [-0.15, -0.1) is 0 Å². The molecule has 1 aromatic rings. The molecule has 0 heterocycles. The van der Waals surface area contributed by atoms with Crippen molar-refractivity contribution in [2.75, 3.05) is 0 Å². The van der Waals surface area contributed by atoms with Gasteiger partial charge in [0.25, 0.3) is 0 Å². The lowest BCUT2D eigenvalue weighted by Gasteiger charge is -2.17. The van der Waals surface area contributed by atoms with Crippen LogP contribution in [-0.4, -0.2) is 22.2 Å². The number of hydrogen-bond donors (Lipinski definition) is 3. The molecule has 4 heteroatoms. The van der Waals surface area contributed by atoms with Crippen molar-refractivity contribution in [1.82, 2.24) is 5.32 Å². The molecular weight excluding hydrogens is 194 g/mol. The summed E-state index contributed by atoms with van der Waals surface area (Å²) in [6.45, 7) is 1.39. The first-order valence-electron chi connectivity index (χ1n) is 4.83. The van der Waals surface area contributed by atoms with Crippen LogP contribution in [-0.2, 0) is 4.79 Å². The van der Waals surface area contributed by atoms with Crippen LogP contribution in [0, 0.1) is 0 Å². The number of amides is 1. The summed E-state index contributed by atoms with van der Waals surface area (Å²) < 4.78 is 0. The maximum absolute atomic E-state index is 11.0. The molecule has 0 aliphatic heterocycles. The lowest BCUT2D eigenvalue weighted by molar-refractivity contribution is -0.121. The Bertz CT molecular complexity index is 391. The lowest BCUT2D eigenvalue weighted by atomic mass is 10.1. The second-order valence-corrected chi connectivity index (χ2v) is 3.74. The second kappa shape index (κ2) is 3.64. The van der Waals surface area contributed by atoms with Crippen LogP contribution in [0.25, 0.3) is 0 Å². The molecule has 1 aliphatic rings. The Labute approximate surface area is 87.6 Å². The van der Waals surface area contributed by atoms with Gasteiger partial charge >= 0.3 is 0 Å². The summed E-state index contributed by atoms with van der Waals surface area (Å²) in [7, 11) is 0. The predicted molar refractivity (Wildman–Crippen MR) is 54.0 cm³/mol. The zero-order valence-corrected chi connectivity index (χ0v) is 8.34. The average Bonchev–Trinajstić information content (AvgIpc) is 2.44. The average molecular weight is 207 g/mol. The van der Waals surface area contributed by atoms with E-state index in [9.17, 15) is 15.0 Å². The summed E-state index contributed by atoms with van der Waals surface area (Å²) in [5, 5.41) is 22.1. The van der Waals surface area contributed by atoms with Crippen LogP contribution in [0.1, 0.15) is 30.2 Å². The third kappa shape index (κ3) is 1.62. The molecule has 0 saturated heterocycles. The Kier molecular flexibility index (Phi) is 2.46. The SMILES string of the molecule is CC(=O)N[C@H]1c2ccccc2[C@@H](O)[C@H]1O. The van der Waals surface area contributed by atoms with Crippen LogP contribution in [0.4, 0.5) is 0 Å². The third-order valence-electron chi connectivity index (χ3n) is 2.67. The molecule has 1 amide bonds. The zero-order valence-electron chi connectivity index (χ0n) is 8.34. The number of aliphatic hydroxyl groups is 2. The molecule has 4 nitrogen and oxygen atoms in total. The van der Waals surface area contributed by atoms with Crippen LogP contribution in [0.3, 0.4) is 0 Å². The van der Waals surface area contributed by atoms with Gasteiger partial charge in [-0.1, -0.05) is 24.3 Å². The number of benzene rings is 1. The van der Waals surface area contributed by atoms with Gasteiger partial charge in [-0.25, -0.2) is 0 Å². The minimum absolute atomic E-state index is 0.219. The molecule has 0 aromatic heterocycles. The van der Waals surface area contributed by atoms with Crippen LogP contribution in [0.15, 0.2) is 24.3 Å². The van der Waals surface area contributed by atoms with Gasteiger partial charge in [0.15, 0.2) is 0 Å². The van der Waals surface area contributed by atoms with E-state index in [0.29, 0.717) is 5.56 Å². The standard InChI is InChI=1S/C11H13NO3/c1-6(13)12-9-7-4-2-3-5-8(7)10(14)11(9)15/h2-5,9-11,14-15H,1H3,(H,12,13)/t9-,10+,11-/m0/s1. The van der Waals surface area contributed by atoms with Gasteiger partial charge in [0.05, 0.1) is 6.04 Å². The highest BCUT2D eigenvalue weighted by atomic mass is 16.3. The number of rotatable bonds is 1. The highest BCUT2D eigenvalue weighted by Crippen LogP contribution is 2.38. The van der Waals surface area contributed by atoms with Crippen molar-refractivity contribution in [2.45, 2.75) is 25.2 Å². The van der Waals surface area contributed by atoms with E-state index in [2.05, 4.69) is 5.32 Å². The Morgan fingerprint density at radius 3 is 2.47 bits per heavy atom. The van der Waals surface area contributed by atoms with Crippen molar-refractivity contribution >= 4 is 5.91 Å². The van der Waals surface area contributed by atoms with E-state index < -0.39 is 18.2 Å². The topological polar surface area (TPSA) is 69.6 Å². The maximum Gasteiger partial charge on any atom is 0.217 e. The third-order valence-corrected chi connectivity index (χ3v) is 2.67. The molecule has 3 atom stereocenters. The molecule has 1 aromatic carbocycles. The lowest BCUT2D eigenvalue weighted by Crippen LogP contribution is -2.33. The highest BCUT2D eigenvalue weighted by molar-refractivity contribution is 5.74. The van der Waals surface area contributed by atoms with E-state index >= 15 is 0 Å². The quantitative estimate of drug-likeness (QED) is 0.619. The fourth-order valence-corrected chi connectivity index (χ4v) is 2.00. The van der Waals surface area contributed by atoms with Crippen LogP contribution in [0.5, 0.6) is 0 Å². The van der Waals surface area contributed by atoms with Crippen LogP contribution < -0.4 is 5.32 Å². The van der Waals surface area contributed by atoms with Gasteiger partial charge in [-0.05, 0) is 11.1 Å². The van der Waals surface area contributed by atoms with Crippen molar-refractivity contribution in [3.05, 3.63) is 35.4 Å². The van der Waals surface area contributed by atoms with Gasteiger partial charge in [-0.3, -0.25) is 4.79 Å². The van der Waals surface area contributed by atoms with Crippen molar-refractivity contribution in [2.24, 2.45) is 0 Å². The monoisotopic (exact) mass is 207 g/mol. The summed E-state index contributed by atoms with van der Waals surface area (Å²) in [6.07, 6.45) is -1.88. The summed E-state index contributed by atoms with van der Waals surface area (Å²) in [5.41, 5.74) is 1.47. The largest absolute Gasteiger partial charge is 0.388 e. The molecule has 0 spiro atoms. The first-order chi connectivity index (χ1) is 7.11. The molecule has 0 fully saturated rings. The van der Waals surface area contributed by atoms with Crippen molar-refractivity contribution in [3.8, 4) is 0 Å². The number of aliphatic hydroxyl groups excluding tert-OH is 2. The molecule has 0 bridgehead atoms. The first kappa shape index (κ1) is 10.1. The summed E-state index contributed by atoms with van der Waals surface area (Å²) in [4.78, 5) is 11.0. The number of carbonyl (C=O) groups excluding carboxylic acids is 1. The minimum atomic E-state index is -0.966. The number of hydrogen-bond acceptors (Lipinski definition) is 3. The van der Waals surface area contributed by atoms with Crippen molar-refractivity contribution < 1.29 is 15.0 Å². The number of fused-ring (bicyclic) bond motifs is 1. The number of nitrogens with one attached hydrogen (secondary N) is 1. The minimum Gasteiger partial charge on any atom is -0.388 e. The molecule has 1 aliphatic carbocycles. The molecular formula is C11H13NO3. The predicted octanol–water partition coefficient (Wildman–Crippen LogP) is 0.272. The van der Waals surface area contributed by atoms with Crippen molar-refractivity contribution in [1.29, 1.82) is 0 Å². The van der Waals surface area contributed by atoms with Gasteiger partial charge in [0, 0.05) is 6.92 Å². The molecule has 0 unspecified atom stereocenters.